The van der Waals surface area contributed by atoms with Crippen LogP contribution in [-0.2, 0) is 4.74 Å². The summed E-state index contributed by atoms with van der Waals surface area (Å²) in [5.41, 5.74) is 1.60. The number of hydrogen-bond donors (Lipinski definition) is 0. The summed E-state index contributed by atoms with van der Waals surface area (Å²) in [7, 11) is 0. The molecular weight excluding hydrogens is 136 g/mol. The molecular formula is C10H14O. The quantitative estimate of drug-likeness (QED) is 0.522. The van der Waals surface area contributed by atoms with Gasteiger partial charge in [0, 0.05) is 5.92 Å². The SMILES string of the molecule is C1=CC(C2=CCCCC2)CO1. The zero-order valence-corrected chi connectivity index (χ0v) is 6.75. The van der Waals surface area contributed by atoms with E-state index in [4.69, 9.17) is 4.74 Å². The second-order valence-electron chi connectivity index (χ2n) is 3.29. The lowest BCUT2D eigenvalue weighted by Crippen LogP contribution is -2.05. The highest BCUT2D eigenvalue weighted by Crippen LogP contribution is 2.27. The van der Waals surface area contributed by atoms with E-state index < -0.39 is 0 Å². The number of rotatable bonds is 1. The van der Waals surface area contributed by atoms with Crippen molar-refractivity contribution in [2.24, 2.45) is 5.92 Å². The van der Waals surface area contributed by atoms with Gasteiger partial charge in [0.15, 0.2) is 0 Å². The van der Waals surface area contributed by atoms with E-state index in [0.29, 0.717) is 5.92 Å². The van der Waals surface area contributed by atoms with Gasteiger partial charge in [0.25, 0.3) is 0 Å². The molecule has 0 amide bonds. The van der Waals surface area contributed by atoms with E-state index >= 15 is 0 Å². The van der Waals surface area contributed by atoms with Gasteiger partial charge in [-0.1, -0.05) is 11.6 Å². The lowest BCUT2D eigenvalue weighted by molar-refractivity contribution is 0.257. The highest BCUT2D eigenvalue weighted by Gasteiger charge is 2.16. The molecule has 1 heterocycles. The summed E-state index contributed by atoms with van der Waals surface area (Å²) in [6, 6.07) is 0. The molecule has 60 valence electrons. The van der Waals surface area contributed by atoms with Crippen LogP contribution in [-0.4, -0.2) is 6.61 Å². The summed E-state index contributed by atoms with van der Waals surface area (Å²) >= 11 is 0. The minimum atomic E-state index is 0.607. The first-order chi connectivity index (χ1) is 5.47. The molecule has 1 unspecified atom stereocenters. The van der Waals surface area contributed by atoms with Gasteiger partial charge in [0.1, 0.15) is 0 Å². The van der Waals surface area contributed by atoms with Crippen molar-refractivity contribution in [1.82, 2.24) is 0 Å². The molecule has 0 aromatic rings. The lowest BCUT2D eigenvalue weighted by atomic mass is 9.90. The molecule has 0 saturated carbocycles. The smallest absolute Gasteiger partial charge is 0.0974 e. The summed E-state index contributed by atoms with van der Waals surface area (Å²) in [5.74, 6) is 0.607. The summed E-state index contributed by atoms with van der Waals surface area (Å²) in [6.45, 7) is 0.881. The van der Waals surface area contributed by atoms with Gasteiger partial charge in [-0.3, -0.25) is 0 Å². The summed E-state index contributed by atoms with van der Waals surface area (Å²) in [6.07, 6.45) is 11.7. The van der Waals surface area contributed by atoms with Gasteiger partial charge in [-0.2, -0.15) is 0 Å². The summed E-state index contributed by atoms with van der Waals surface area (Å²) in [5, 5.41) is 0. The standard InChI is InChI=1S/C10H14O/c1-2-4-9(5-3-1)10-6-7-11-8-10/h4,6-7,10H,1-3,5,8H2. The molecule has 1 aliphatic heterocycles. The van der Waals surface area contributed by atoms with Crippen LogP contribution >= 0.6 is 0 Å². The molecule has 0 bridgehead atoms. The fraction of sp³-hybridized carbons (Fsp3) is 0.600. The van der Waals surface area contributed by atoms with Gasteiger partial charge in [-0.25, -0.2) is 0 Å². The summed E-state index contributed by atoms with van der Waals surface area (Å²) in [4.78, 5) is 0. The number of hydrogen-bond acceptors (Lipinski definition) is 1. The molecule has 11 heavy (non-hydrogen) atoms. The molecule has 0 fully saturated rings. The minimum Gasteiger partial charge on any atom is -0.501 e. The molecule has 1 nitrogen and oxygen atoms in total. The maximum atomic E-state index is 5.19. The largest absolute Gasteiger partial charge is 0.501 e. The Kier molecular flexibility index (Phi) is 1.97. The average molecular weight is 150 g/mol. The van der Waals surface area contributed by atoms with Crippen molar-refractivity contribution in [3.8, 4) is 0 Å². The van der Waals surface area contributed by atoms with E-state index in [2.05, 4.69) is 12.2 Å². The van der Waals surface area contributed by atoms with Crippen LogP contribution < -0.4 is 0 Å². The highest BCUT2D eigenvalue weighted by molar-refractivity contribution is 5.16. The van der Waals surface area contributed by atoms with Crippen molar-refractivity contribution in [2.45, 2.75) is 25.7 Å². The molecule has 0 radical (unpaired) electrons. The van der Waals surface area contributed by atoms with E-state index in [9.17, 15) is 0 Å². The normalized spacial score (nSPS) is 29.8. The first-order valence-electron chi connectivity index (χ1n) is 4.44. The van der Waals surface area contributed by atoms with Gasteiger partial charge in [-0.05, 0) is 31.8 Å². The van der Waals surface area contributed by atoms with Crippen LogP contribution in [0.1, 0.15) is 25.7 Å². The Morgan fingerprint density at radius 3 is 3.00 bits per heavy atom. The lowest BCUT2D eigenvalue weighted by Gasteiger charge is -2.16. The van der Waals surface area contributed by atoms with Crippen LogP contribution in [0.5, 0.6) is 0 Å². The molecule has 0 aromatic heterocycles. The second-order valence-corrected chi connectivity index (χ2v) is 3.29. The Hall–Kier alpha value is -0.720. The van der Waals surface area contributed by atoms with Crippen molar-refractivity contribution in [3.05, 3.63) is 24.0 Å². The molecule has 0 N–H and O–H groups in total. The fourth-order valence-electron chi connectivity index (χ4n) is 1.80. The number of allylic oxidation sites excluding steroid dienone is 1. The van der Waals surface area contributed by atoms with E-state index in [1.807, 2.05) is 6.26 Å². The predicted octanol–water partition coefficient (Wildman–Crippen LogP) is 2.65. The first-order valence-corrected chi connectivity index (χ1v) is 4.44. The Labute approximate surface area is 67.7 Å². The molecule has 0 aromatic carbocycles. The van der Waals surface area contributed by atoms with Crippen molar-refractivity contribution in [3.63, 3.8) is 0 Å². The van der Waals surface area contributed by atoms with Crippen LogP contribution in [0.3, 0.4) is 0 Å². The van der Waals surface area contributed by atoms with Crippen LogP contribution in [0.25, 0.3) is 0 Å². The van der Waals surface area contributed by atoms with E-state index in [-0.39, 0.29) is 0 Å². The number of ether oxygens (including phenoxy) is 1. The third-order valence-corrected chi connectivity index (χ3v) is 2.49. The molecule has 2 aliphatic rings. The topological polar surface area (TPSA) is 9.23 Å². The molecule has 1 heteroatoms. The monoisotopic (exact) mass is 150 g/mol. The molecule has 0 saturated heterocycles. The Morgan fingerprint density at radius 2 is 2.36 bits per heavy atom. The highest BCUT2D eigenvalue weighted by atomic mass is 16.5. The van der Waals surface area contributed by atoms with Crippen molar-refractivity contribution in [2.75, 3.05) is 6.61 Å². The second kappa shape index (κ2) is 3.12. The molecule has 0 spiro atoms. The van der Waals surface area contributed by atoms with Crippen molar-refractivity contribution in [1.29, 1.82) is 0 Å². The van der Waals surface area contributed by atoms with E-state index in [1.165, 1.54) is 25.7 Å². The van der Waals surface area contributed by atoms with Gasteiger partial charge in [0.2, 0.25) is 0 Å². The third kappa shape index (κ3) is 1.47. The molecule has 2 rings (SSSR count). The Morgan fingerprint density at radius 1 is 1.36 bits per heavy atom. The van der Waals surface area contributed by atoms with Crippen LogP contribution in [0, 0.1) is 5.92 Å². The summed E-state index contributed by atoms with van der Waals surface area (Å²) < 4.78 is 5.19. The molecule has 1 atom stereocenters. The van der Waals surface area contributed by atoms with E-state index in [0.717, 1.165) is 6.61 Å². The maximum Gasteiger partial charge on any atom is 0.0974 e. The first kappa shape index (κ1) is 6.96. The predicted molar refractivity (Wildman–Crippen MR) is 45.1 cm³/mol. The van der Waals surface area contributed by atoms with E-state index in [1.54, 1.807) is 5.57 Å². The minimum absolute atomic E-state index is 0.607. The molecule has 1 aliphatic carbocycles. The van der Waals surface area contributed by atoms with Gasteiger partial charge < -0.3 is 4.74 Å². The average Bonchev–Trinajstić information content (AvgIpc) is 2.58. The Balaban J connectivity index is 2.02. The van der Waals surface area contributed by atoms with Gasteiger partial charge >= 0.3 is 0 Å². The zero-order valence-electron chi connectivity index (χ0n) is 6.75. The van der Waals surface area contributed by atoms with Crippen LogP contribution in [0.4, 0.5) is 0 Å². The van der Waals surface area contributed by atoms with Crippen LogP contribution in [0.15, 0.2) is 24.0 Å². The van der Waals surface area contributed by atoms with Gasteiger partial charge in [0.05, 0.1) is 12.9 Å². The zero-order chi connectivity index (χ0) is 7.52. The third-order valence-electron chi connectivity index (χ3n) is 2.49. The van der Waals surface area contributed by atoms with Crippen LogP contribution in [0.2, 0.25) is 0 Å². The Bertz CT molecular complexity index is 191. The van der Waals surface area contributed by atoms with Crippen molar-refractivity contribution < 1.29 is 4.74 Å². The van der Waals surface area contributed by atoms with Crippen molar-refractivity contribution >= 4 is 0 Å². The van der Waals surface area contributed by atoms with Gasteiger partial charge in [-0.15, -0.1) is 0 Å². The fourth-order valence-corrected chi connectivity index (χ4v) is 1.80. The maximum absolute atomic E-state index is 5.19.